The summed E-state index contributed by atoms with van der Waals surface area (Å²) in [5.74, 6) is 0.178. The predicted octanol–water partition coefficient (Wildman–Crippen LogP) is 4.79. The van der Waals surface area contributed by atoms with Gasteiger partial charge in [-0.25, -0.2) is 4.98 Å². The summed E-state index contributed by atoms with van der Waals surface area (Å²) in [6.45, 7) is 2.67. The fourth-order valence-corrected chi connectivity index (χ4v) is 4.19. The second kappa shape index (κ2) is 11.1. The Morgan fingerprint density at radius 2 is 1.74 bits per heavy atom. The maximum Gasteiger partial charge on any atom is 0.293 e. The fourth-order valence-electron chi connectivity index (χ4n) is 3.94. The molecule has 0 bridgehead atoms. The number of amides is 1. The molecule has 0 unspecified atom stereocenters. The summed E-state index contributed by atoms with van der Waals surface area (Å²) >= 11 is 11.9. The van der Waals surface area contributed by atoms with Crippen LogP contribution in [0.4, 0.5) is 5.95 Å². The maximum atomic E-state index is 13.3. The minimum absolute atomic E-state index is 0. The third kappa shape index (κ3) is 5.32. The minimum Gasteiger partial charge on any atom is -0.411 e. The Kier molecular flexibility index (Phi) is 8.47. The van der Waals surface area contributed by atoms with Gasteiger partial charge in [-0.2, -0.15) is 0 Å². The number of carbonyl (C=O) groups excluding carboxylic acids is 1. The number of carbonyl (C=O) groups is 1. The van der Waals surface area contributed by atoms with E-state index in [9.17, 15) is 9.59 Å². The first-order valence-corrected chi connectivity index (χ1v) is 11.4. The Balaban J connectivity index is 0.00000324. The van der Waals surface area contributed by atoms with Crippen molar-refractivity contribution in [2.24, 2.45) is 0 Å². The van der Waals surface area contributed by atoms with Crippen molar-refractivity contribution in [3.05, 3.63) is 91.3 Å². The van der Waals surface area contributed by atoms with Gasteiger partial charge in [0.2, 0.25) is 5.95 Å². The highest BCUT2D eigenvalue weighted by molar-refractivity contribution is 6.30. The average Bonchev–Trinajstić information content (AvgIpc) is 2.83. The van der Waals surface area contributed by atoms with E-state index in [1.807, 2.05) is 31.2 Å². The molecular weight excluding hydrogens is 499 g/mol. The fraction of sp³-hybridized carbons (Fsp3) is 0.292. The van der Waals surface area contributed by atoms with Crippen LogP contribution in [-0.2, 0) is 13.0 Å². The second-order valence-electron chi connectivity index (χ2n) is 7.78. The molecule has 0 saturated heterocycles. The van der Waals surface area contributed by atoms with Crippen LogP contribution in [0.5, 0.6) is 0 Å². The van der Waals surface area contributed by atoms with Gasteiger partial charge in [-0.1, -0.05) is 42.3 Å². The maximum absolute atomic E-state index is 13.3. The lowest BCUT2D eigenvalue weighted by Gasteiger charge is -2.29. The molecule has 0 fully saturated rings. The van der Waals surface area contributed by atoms with E-state index in [0.29, 0.717) is 45.8 Å². The van der Waals surface area contributed by atoms with Crippen LogP contribution in [-0.4, -0.2) is 34.2 Å². The zero-order valence-electron chi connectivity index (χ0n) is 18.8. The van der Waals surface area contributed by atoms with Gasteiger partial charge < -0.3 is 15.1 Å². The summed E-state index contributed by atoms with van der Waals surface area (Å²) in [5, 5.41) is 4.55. The van der Waals surface area contributed by atoms with Crippen molar-refractivity contribution in [1.82, 2.24) is 14.6 Å². The normalized spacial score (nSPS) is 13.5. The molecule has 0 aliphatic carbocycles. The summed E-state index contributed by atoms with van der Waals surface area (Å²) < 4.78 is 1.15. The van der Waals surface area contributed by atoms with Gasteiger partial charge >= 0.3 is 0 Å². The van der Waals surface area contributed by atoms with Crippen molar-refractivity contribution in [1.29, 1.82) is 0 Å². The SMILES string of the molecule is CC[C@@H](Nc1nc2c(c(=O)n1OC)CN(C(=O)c1ccc(Cl)cc1)CC2)c1ccc(Cl)cc1.Cl. The van der Waals surface area contributed by atoms with Gasteiger partial charge in [0.15, 0.2) is 0 Å². The lowest BCUT2D eigenvalue weighted by molar-refractivity contribution is 0.0728. The summed E-state index contributed by atoms with van der Waals surface area (Å²) in [7, 11) is 1.42. The Morgan fingerprint density at radius 1 is 1.12 bits per heavy atom. The molecule has 1 N–H and O–H groups in total. The number of halogens is 3. The number of benzene rings is 2. The largest absolute Gasteiger partial charge is 0.411 e. The van der Waals surface area contributed by atoms with Crippen molar-refractivity contribution >= 4 is 47.5 Å². The van der Waals surface area contributed by atoms with Gasteiger partial charge in [0.1, 0.15) is 7.11 Å². The number of hydrogen-bond acceptors (Lipinski definition) is 5. The van der Waals surface area contributed by atoms with Crippen LogP contribution in [0.1, 0.15) is 46.6 Å². The van der Waals surface area contributed by atoms with Crippen molar-refractivity contribution in [2.75, 3.05) is 19.0 Å². The van der Waals surface area contributed by atoms with Crippen molar-refractivity contribution in [3.8, 4) is 0 Å². The number of fused-ring (bicyclic) bond motifs is 1. The molecule has 1 amide bonds. The quantitative estimate of drug-likeness (QED) is 0.503. The zero-order chi connectivity index (χ0) is 23.5. The summed E-state index contributed by atoms with van der Waals surface area (Å²) in [4.78, 5) is 37.9. The van der Waals surface area contributed by atoms with Crippen LogP contribution in [0.15, 0.2) is 53.3 Å². The molecule has 2 aromatic carbocycles. The zero-order valence-corrected chi connectivity index (χ0v) is 21.1. The number of hydrogen-bond donors (Lipinski definition) is 1. The summed E-state index contributed by atoms with van der Waals surface area (Å²) in [5.41, 5.74) is 2.34. The van der Waals surface area contributed by atoms with E-state index in [0.717, 1.165) is 16.7 Å². The molecule has 2 heterocycles. The van der Waals surface area contributed by atoms with Crippen LogP contribution in [0.2, 0.25) is 10.0 Å². The predicted molar refractivity (Wildman–Crippen MR) is 136 cm³/mol. The topological polar surface area (TPSA) is 76.5 Å². The van der Waals surface area contributed by atoms with Gasteiger partial charge in [0.05, 0.1) is 23.8 Å². The lowest BCUT2D eigenvalue weighted by atomic mass is 10.0. The molecule has 1 aromatic heterocycles. The highest BCUT2D eigenvalue weighted by Gasteiger charge is 2.28. The van der Waals surface area contributed by atoms with Crippen LogP contribution in [0.25, 0.3) is 0 Å². The van der Waals surface area contributed by atoms with Crippen molar-refractivity contribution in [3.63, 3.8) is 0 Å². The number of rotatable bonds is 6. The lowest BCUT2D eigenvalue weighted by Crippen LogP contribution is -2.42. The third-order valence-electron chi connectivity index (χ3n) is 5.74. The van der Waals surface area contributed by atoms with Crippen LogP contribution in [0.3, 0.4) is 0 Å². The smallest absolute Gasteiger partial charge is 0.293 e. The molecule has 4 rings (SSSR count). The van der Waals surface area contributed by atoms with Crippen LogP contribution < -0.4 is 15.7 Å². The van der Waals surface area contributed by atoms with Crippen LogP contribution >= 0.6 is 35.6 Å². The molecule has 0 saturated carbocycles. The second-order valence-corrected chi connectivity index (χ2v) is 8.66. The molecule has 1 aliphatic rings. The first kappa shape index (κ1) is 25.9. The minimum atomic E-state index is -0.329. The number of nitrogens with zero attached hydrogens (tertiary/aromatic N) is 3. The number of aromatic nitrogens is 2. The molecule has 180 valence electrons. The summed E-state index contributed by atoms with van der Waals surface area (Å²) in [6, 6.07) is 14.2. The summed E-state index contributed by atoms with van der Waals surface area (Å²) in [6.07, 6.45) is 1.24. The first-order valence-electron chi connectivity index (χ1n) is 10.7. The van der Waals surface area contributed by atoms with E-state index in [4.69, 9.17) is 33.0 Å². The van der Waals surface area contributed by atoms with E-state index in [1.165, 1.54) is 7.11 Å². The average molecular weight is 524 g/mol. The standard InChI is InChI=1S/C24H24Cl2N4O3.ClH/c1-3-20(15-4-8-17(25)9-5-15)27-24-28-21-12-13-29(14-19(21)23(32)30(24)33-2)22(31)16-6-10-18(26)11-7-16;/h4-11,20H,3,12-14H2,1-2H3,(H,27,28);1H/t20-;/m1./s1. The molecule has 1 aliphatic heterocycles. The highest BCUT2D eigenvalue weighted by atomic mass is 35.5. The Morgan fingerprint density at radius 3 is 2.32 bits per heavy atom. The first-order chi connectivity index (χ1) is 15.9. The molecule has 0 radical (unpaired) electrons. The molecule has 0 spiro atoms. The van der Waals surface area contributed by atoms with Gasteiger partial charge in [0, 0.05) is 28.6 Å². The van der Waals surface area contributed by atoms with E-state index < -0.39 is 0 Å². The van der Waals surface area contributed by atoms with Gasteiger partial charge in [-0.15, -0.1) is 17.1 Å². The number of nitrogens with one attached hydrogen (secondary N) is 1. The van der Waals surface area contributed by atoms with Crippen molar-refractivity contribution < 1.29 is 9.63 Å². The molecular formula is C24H25Cl3N4O3. The van der Waals surface area contributed by atoms with Crippen molar-refractivity contribution in [2.45, 2.75) is 32.4 Å². The Hall–Kier alpha value is -2.74. The third-order valence-corrected chi connectivity index (χ3v) is 6.24. The highest BCUT2D eigenvalue weighted by Crippen LogP contribution is 2.24. The molecule has 10 heteroatoms. The van der Waals surface area contributed by atoms with E-state index in [-0.39, 0.29) is 36.5 Å². The van der Waals surface area contributed by atoms with Gasteiger partial charge in [-0.3, -0.25) is 9.59 Å². The van der Waals surface area contributed by atoms with E-state index >= 15 is 0 Å². The van der Waals surface area contributed by atoms with Gasteiger partial charge in [-0.05, 0) is 48.4 Å². The van der Waals surface area contributed by atoms with Gasteiger partial charge in [0.25, 0.3) is 11.5 Å². The molecule has 3 aromatic rings. The monoisotopic (exact) mass is 522 g/mol. The molecule has 7 nitrogen and oxygen atoms in total. The Labute approximate surface area is 214 Å². The Bertz CT molecular complexity index is 1210. The molecule has 1 atom stereocenters. The van der Waals surface area contributed by atoms with E-state index in [2.05, 4.69) is 5.32 Å². The van der Waals surface area contributed by atoms with Crippen LogP contribution in [0, 0.1) is 0 Å². The molecule has 34 heavy (non-hydrogen) atoms. The van der Waals surface area contributed by atoms with E-state index in [1.54, 1.807) is 29.2 Å². The number of anilines is 1.